The maximum Gasteiger partial charge on any atom is 2.00 e. The fraction of sp³-hybridized carbons (Fsp3) is 0.750. The molecule has 0 aromatic rings. The van der Waals surface area contributed by atoms with E-state index in [1.807, 2.05) is 0 Å². The van der Waals surface area contributed by atoms with E-state index < -0.39 is 24.1 Å². The van der Waals surface area contributed by atoms with E-state index in [4.69, 9.17) is 10.2 Å². The number of aliphatic hydroxyl groups is 2. The summed E-state index contributed by atoms with van der Waals surface area (Å²) in [5.74, 6) is -2.43. The van der Waals surface area contributed by atoms with Crippen LogP contribution in [0.1, 0.15) is 26.7 Å². The number of hydrogen-bond donors (Lipinski definition) is 2. The number of carbonyl (C=O) groups excluding carboxylic acids is 2. The van der Waals surface area contributed by atoms with Crippen LogP contribution >= 0.6 is 0 Å². The SMILES string of the molecule is CC(O)CC(=O)[O-].CC(O)CC(=O)[O-].[Mg+2]. The molecule has 0 heterocycles. The van der Waals surface area contributed by atoms with Crippen molar-refractivity contribution in [2.45, 2.75) is 38.9 Å². The predicted octanol–water partition coefficient (Wildman–Crippen LogP) is -3.37. The molecule has 0 rings (SSSR count). The first-order valence-corrected chi connectivity index (χ1v) is 4.01. The zero-order valence-corrected chi connectivity index (χ0v) is 10.2. The Labute approximate surface area is 104 Å². The summed E-state index contributed by atoms with van der Waals surface area (Å²) in [7, 11) is 0. The summed E-state index contributed by atoms with van der Waals surface area (Å²) in [6.07, 6.45) is -2.13. The van der Waals surface area contributed by atoms with Gasteiger partial charge in [-0.3, -0.25) is 0 Å². The maximum absolute atomic E-state index is 9.54. The van der Waals surface area contributed by atoms with Gasteiger partial charge in [0, 0.05) is 24.8 Å². The molecule has 0 aromatic carbocycles. The van der Waals surface area contributed by atoms with Crippen molar-refractivity contribution in [1.82, 2.24) is 0 Å². The minimum atomic E-state index is -1.21. The van der Waals surface area contributed by atoms with Gasteiger partial charge >= 0.3 is 23.1 Å². The normalized spacial score (nSPS) is 12.5. The molecule has 7 heteroatoms. The molecule has 15 heavy (non-hydrogen) atoms. The van der Waals surface area contributed by atoms with Gasteiger partial charge in [0.1, 0.15) is 0 Å². The molecule has 0 fully saturated rings. The Hall–Kier alpha value is -0.374. The van der Waals surface area contributed by atoms with Crippen LogP contribution in [0.2, 0.25) is 0 Å². The van der Waals surface area contributed by atoms with Gasteiger partial charge in [0.15, 0.2) is 0 Å². The van der Waals surface area contributed by atoms with E-state index in [1.165, 1.54) is 13.8 Å². The van der Waals surface area contributed by atoms with Crippen LogP contribution in [0.25, 0.3) is 0 Å². The van der Waals surface area contributed by atoms with Crippen molar-refractivity contribution in [2.75, 3.05) is 0 Å². The second kappa shape index (κ2) is 11.7. The summed E-state index contributed by atoms with van der Waals surface area (Å²) in [6, 6.07) is 0. The molecule has 84 valence electrons. The van der Waals surface area contributed by atoms with Crippen molar-refractivity contribution in [1.29, 1.82) is 0 Å². The summed E-state index contributed by atoms with van der Waals surface area (Å²) in [5, 5.41) is 35.7. The van der Waals surface area contributed by atoms with E-state index in [-0.39, 0.29) is 35.9 Å². The first kappa shape index (κ1) is 20.1. The zero-order chi connectivity index (χ0) is 11.7. The molecule has 0 aliphatic heterocycles. The van der Waals surface area contributed by atoms with Gasteiger partial charge in [-0.15, -0.1) is 0 Å². The first-order valence-electron chi connectivity index (χ1n) is 4.01. The van der Waals surface area contributed by atoms with Crippen LogP contribution in [0.3, 0.4) is 0 Å². The number of carbonyl (C=O) groups is 2. The molecular weight excluding hydrogens is 216 g/mol. The third-order valence-corrected chi connectivity index (χ3v) is 0.924. The van der Waals surface area contributed by atoms with Crippen molar-refractivity contribution in [3.63, 3.8) is 0 Å². The Morgan fingerprint density at radius 1 is 1.00 bits per heavy atom. The molecule has 0 spiro atoms. The third kappa shape index (κ3) is 31.7. The largest absolute Gasteiger partial charge is 2.00 e. The van der Waals surface area contributed by atoms with Gasteiger partial charge in [0.2, 0.25) is 0 Å². The molecule has 0 saturated carbocycles. The molecule has 6 nitrogen and oxygen atoms in total. The summed E-state index contributed by atoms with van der Waals surface area (Å²) in [6.45, 7) is 2.80. The summed E-state index contributed by atoms with van der Waals surface area (Å²) < 4.78 is 0. The van der Waals surface area contributed by atoms with Crippen LogP contribution in [-0.4, -0.2) is 57.4 Å². The molecule has 0 radical (unpaired) electrons. The van der Waals surface area contributed by atoms with Gasteiger partial charge in [0.25, 0.3) is 0 Å². The summed E-state index contributed by atoms with van der Waals surface area (Å²) >= 11 is 0. The quantitative estimate of drug-likeness (QED) is 0.487. The predicted molar refractivity (Wildman–Crippen MR) is 48.4 cm³/mol. The molecule has 0 amide bonds. The van der Waals surface area contributed by atoms with Crippen LogP contribution in [-0.2, 0) is 9.59 Å². The van der Waals surface area contributed by atoms with E-state index in [9.17, 15) is 19.8 Å². The van der Waals surface area contributed by atoms with E-state index in [2.05, 4.69) is 0 Å². The van der Waals surface area contributed by atoms with Gasteiger partial charge in [0.05, 0.1) is 12.2 Å². The Balaban J connectivity index is -0.000000180. The van der Waals surface area contributed by atoms with Crippen LogP contribution in [0.4, 0.5) is 0 Å². The number of carboxylic acid groups (broad SMARTS) is 2. The molecule has 0 aliphatic carbocycles. The second-order valence-electron chi connectivity index (χ2n) is 2.85. The number of aliphatic hydroxyl groups excluding tert-OH is 2. The van der Waals surface area contributed by atoms with E-state index >= 15 is 0 Å². The van der Waals surface area contributed by atoms with Crippen molar-refractivity contribution in [3.05, 3.63) is 0 Å². The third-order valence-electron chi connectivity index (χ3n) is 0.924. The number of aliphatic carboxylic acids is 2. The molecule has 0 bridgehead atoms. The fourth-order valence-electron chi connectivity index (χ4n) is 0.482. The topological polar surface area (TPSA) is 121 Å². The van der Waals surface area contributed by atoms with Crippen LogP contribution in [0.5, 0.6) is 0 Å². The minimum Gasteiger partial charge on any atom is -0.550 e. The molecule has 2 N–H and O–H groups in total. The Kier molecular flexibility index (Phi) is 15.7. The number of carboxylic acids is 2. The summed E-state index contributed by atoms with van der Waals surface area (Å²) in [5.41, 5.74) is 0. The van der Waals surface area contributed by atoms with Crippen LogP contribution in [0, 0.1) is 0 Å². The van der Waals surface area contributed by atoms with E-state index in [0.29, 0.717) is 0 Å². The van der Waals surface area contributed by atoms with E-state index in [1.54, 1.807) is 0 Å². The molecular formula is C8H14MgO6. The molecule has 2 atom stereocenters. The zero-order valence-electron chi connectivity index (χ0n) is 8.80. The Morgan fingerprint density at radius 2 is 1.20 bits per heavy atom. The maximum atomic E-state index is 9.54. The van der Waals surface area contributed by atoms with E-state index in [0.717, 1.165) is 0 Å². The van der Waals surface area contributed by atoms with Crippen LogP contribution in [0.15, 0.2) is 0 Å². The molecule has 2 unspecified atom stereocenters. The Bertz CT molecular complexity index is 160. The molecule has 0 saturated heterocycles. The fourth-order valence-corrected chi connectivity index (χ4v) is 0.482. The van der Waals surface area contributed by atoms with Crippen molar-refractivity contribution < 1.29 is 30.0 Å². The van der Waals surface area contributed by atoms with Gasteiger partial charge in [-0.05, 0) is 13.8 Å². The van der Waals surface area contributed by atoms with Crippen LogP contribution < -0.4 is 10.2 Å². The number of rotatable bonds is 4. The standard InChI is InChI=1S/2C4H8O3.Mg/c2*1-3(5)2-4(6)7;/h2*3,5H,2H2,1H3,(H,6,7);/q;;+2/p-2. The Morgan fingerprint density at radius 3 is 1.20 bits per heavy atom. The summed E-state index contributed by atoms with van der Waals surface area (Å²) in [4.78, 5) is 19.1. The van der Waals surface area contributed by atoms with Crippen molar-refractivity contribution >= 4 is 35.0 Å². The minimum absolute atomic E-state index is 0. The average molecular weight is 230 g/mol. The van der Waals surface area contributed by atoms with Gasteiger partial charge in [-0.25, -0.2) is 0 Å². The second-order valence-corrected chi connectivity index (χ2v) is 2.85. The monoisotopic (exact) mass is 230 g/mol. The van der Waals surface area contributed by atoms with Crippen molar-refractivity contribution in [2.24, 2.45) is 0 Å². The average Bonchev–Trinajstić information content (AvgIpc) is 1.79. The van der Waals surface area contributed by atoms with Gasteiger partial charge < -0.3 is 30.0 Å². The number of hydrogen-bond acceptors (Lipinski definition) is 6. The molecule has 0 aromatic heterocycles. The molecule has 0 aliphatic rings. The smallest absolute Gasteiger partial charge is 0.550 e. The van der Waals surface area contributed by atoms with Crippen molar-refractivity contribution in [3.8, 4) is 0 Å². The first-order chi connectivity index (χ1) is 6.25. The van der Waals surface area contributed by atoms with Gasteiger partial charge in [-0.1, -0.05) is 0 Å². The van der Waals surface area contributed by atoms with Gasteiger partial charge in [-0.2, -0.15) is 0 Å².